The first kappa shape index (κ1) is 14.3. The van der Waals surface area contributed by atoms with Crippen molar-refractivity contribution in [2.24, 2.45) is 23.5 Å². The molecular weight excluding hydrogens is 292 g/mol. The number of para-hydroxylation sites is 1. The zero-order valence-electron chi connectivity index (χ0n) is 12.9. The third-order valence-electron chi connectivity index (χ3n) is 5.28. The lowest BCUT2D eigenvalue weighted by atomic mass is 10.1. The highest BCUT2D eigenvalue weighted by Crippen LogP contribution is 2.54. The molecule has 120 valence electrons. The van der Waals surface area contributed by atoms with Gasteiger partial charge in [-0.05, 0) is 36.8 Å². The number of carbonyl (C=O) groups excluding carboxylic acids is 2. The molecule has 1 heterocycles. The summed E-state index contributed by atoms with van der Waals surface area (Å²) in [5.74, 6) is 0.447. The van der Waals surface area contributed by atoms with E-state index in [-0.39, 0.29) is 17.6 Å². The number of fused-ring (bicyclic) bond motifs is 2. The van der Waals surface area contributed by atoms with Crippen molar-refractivity contribution in [2.75, 3.05) is 5.32 Å². The molecule has 2 aliphatic rings. The van der Waals surface area contributed by atoms with Gasteiger partial charge in [0.05, 0.1) is 0 Å². The fraction of sp³-hybridized carbons (Fsp3) is 0.444. The van der Waals surface area contributed by atoms with Gasteiger partial charge in [0, 0.05) is 11.3 Å². The Hall–Kier alpha value is -2.30. The Kier molecular flexibility index (Phi) is 3.36. The second-order valence-electron chi connectivity index (χ2n) is 6.65. The van der Waals surface area contributed by atoms with E-state index in [1.165, 1.54) is 19.3 Å². The standard InChI is InChI=1S/C18H20N2O3/c19-17(21)16-15(12-8-4-5-9-13(12)23-16)20-18(22)14-10-6-2-1-3-7-11(10)14/h4-5,8-11,14H,1-3,6-7H2,(H2,19,21)(H,20,22)/t10-,11+,14?. The molecule has 0 aliphatic heterocycles. The monoisotopic (exact) mass is 312 g/mol. The molecule has 1 aromatic heterocycles. The number of primary amides is 1. The van der Waals surface area contributed by atoms with Crippen molar-refractivity contribution >= 4 is 28.5 Å². The number of nitrogens with two attached hydrogens (primary N) is 1. The molecule has 1 unspecified atom stereocenters. The Balaban J connectivity index is 1.61. The summed E-state index contributed by atoms with van der Waals surface area (Å²) in [5, 5.41) is 3.64. The molecule has 0 spiro atoms. The SMILES string of the molecule is NC(=O)c1oc2ccccc2c1NC(=O)C1[C@H]2CCCCC[C@@H]12. The molecule has 0 radical (unpaired) electrons. The van der Waals surface area contributed by atoms with Crippen LogP contribution in [0.5, 0.6) is 0 Å². The molecule has 1 aromatic carbocycles. The predicted molar refractivity (Wildman–Crippen MR) is 86.9 cm³/mol. The molecule has 2 saturated carbocycles. The quantitative estimate of drug-likeness (QED) is 0.912. The van der Waals surface area contributed by atoms with Crippen LogP contribution in [-0.4, -0.2) is 11.8 Å². The Morgan fingerprint density at radius 1 is 1.09 bits per heavy atom. The summed E-state index contributed by atoms with van der Waals surface area (Å²) in [6, 6.07) is 7.25. The van der Waals surface area contributed by atoms with Crippen LogP contribution in [0.2, 0.25) is 0 Å². The Labute approximate surface area is 134 Å². The van der Waals surface area contributed by atoms with Gasteiger partial charge in [-0.1, -0.05) is 31.4 Å². The van der Waals surface area contributed by atoms with E-state index in [0.717, 1.165) is 18.2 Å². The number of furan rings is 1. The molecule has 2 aromatic rings. The molecule has 3 atom stereocenters. The van der Waals surface area contributed by atoms with E-state index in [0.29, 0.717) is 23.1 Å². The number of carbonyl (C=O) groups is 2. The van der Waals surface area contributed by atoms with Crippen molar-refractivity contribution in [3.63, 3.8) is 0 Å². The van der Waals surface area contributed by atoms with Crippen LogP contribution in [-0.2, 0) is 4.79 Å². The molecule has 2 fully saturated rings. The summed E-state index contributed by atoms with van der Waals surface area (Å²) < 4.78 is 5.51. The zero-order chi connectivity index (χ0) is 16.0. The number of nitrogens with one attached hydrogen (secondary N) is 1. The van der Waals surface area contributed by atoms with E-state index in [9.17, 15) is 9.59 Å². The van der Waals surface area contributed by atoms with E-state index in [2.05, 4.69) is 5.32 Å². The molecule has 2 aliphatic carbocycles. The van der Waals surface area contributed by atoms with Crippen LogP contribution in [0.15, 0.2) is 28.7 Å². The first-order chi connectivity index (χ1) is 11.2. The summed E-state index contributed by atoms with van der Waals surface area (Å²) in [7, 11) is 0. The minimum Gasteiger partial charge on any atom is -0.449 e. The van der Waals surface area contributed by atoms with Gasteiger partial charge in [-0.25, -0.2) is 0 Å². The number of rotatable bonds is 3. The Morgan fingerprint density at radius 3 is 2.48 bits per heavy atom. The van der Waals surface area contributed by atoms with Crippen LogP contribution < -0.4 is 11.1 Å². The highest BCUT2D eigenvalue weighted by Gasteiger charge is 2.54. The lowest BCUT2D eigenvalue weighted by Gasteiger charge is -2.06. The van der Waals surface area contributed by atoms with Crippen molar-refractivity contribution in [3.8, 4) is 0 Å². The number of anilines is 1. The average molecular weight is 312 g/mol. The number of amides is 2. The third-order valence-corrected chi connectivity index (χ3v) is 5.28. The molecule has 23 heavy (non-hydrogen) atoms. The largest absolute Gasteiger partial charge is 0.449 e. The fourth-order valence-electron chi connectivity index (χ4n) is 4.11. The topological polar surface area (TPSA) is 85.3 Å². The summed E-state index contributed by atoms with van der Waals surface area (Å²) in [6.45, 7) is 0. The molecule has 0 bridgehead atoms. The lowest BCUT2D eigenvalue weighted by Crippen LogP contribution is -2.19. The van der Waals surface area contributed by atoms with Crippen LogP contribution in [0.25, 0.3) is 11.0 Å². The van der Waals surface area contributed by atoms with Crippen LogP contribution in [0.1, 0.15) is 42.7 Å². The van der Waals surface area contributed by atoms with Gasteiger partial charge in [0.25, 0.3) is 5.91 Å². The zero-order valence-corrected chi connectivity index (χ0v) is 12.9. The van der Waals surface area contributed by atoms with Crippen LogP contribution in [0, 0.1) is 17.8 Å². The van der Waals surface area contributed by atoms with Gasteiger partial charge in [-0.15, -0.1) is 0 Å². The smallest absolute Gasteiger partial charge is 0.286 e. The fourth-order valence-corrected chi connectivity index (χ4v) is 4.11. The first-order valence-corrected chi connectivity index (χ1v) is 8.29. The van der Waals surface area contributed by atoms with Crippen molar-refractivity contribution in [1.29, 1.82) is 0 Å². The number of hydrogen-bond donors (Lipinski definition) is 2. The maximum atomic E-state index is 12.7. The number of benzene rings is 1. The normalized spacial score (nSPS) is 26.3. The average Bonchev–Trinajstić information content (AvgIpc) is 3.16. The van der Waals surface area contributed by atoms with Gasteiger partial charge in [0.15, 0.2) is 0 Å². The van der Waals surface area contributed by atoms with Crippen LogP contribution in [0.4, 0.5) is 5.69 Å². The summed E-state index contributed by atoms with van der Waals surface area (Å²) in [5.41, 5.74) is 6.37. The molecule has 5 heteroatoms. The van der Waals surface area contributed by atoms with Crippen LogP contribution >= 0.6 is 0 Å². The lowest BCUT2D eigenvalue weighted by molar-refractivity contribution is -0.118. The predicted octanol–water partition coefficient (Wildman–Crippen LogP) is 3.30. The highest BCUT2D eigenvalue weighted by atomic mass is 16.3. The summed E-state index contributed by atoms with van der Waals surface area (Å²) in [4.78, 5) is 24.3. The van der Waals surface area contributed by atoms with Gasteiger partial charge in [-0.2, -0.15) is 0 Å². The Morgan fingerprint density at radius 2 is 1.78 bits per heavy atom. The van der Waals surface area contributed by atoms with Crippen molar-refractivity contribution in [2.45, 2.75) is 32.1 Å². The van der Waals surface area contributed by atoms with Gasteiger partial charge in [0.1, 0.15) is 11.3 Å². The van der Waals surface area contributed by atoms with E-state index in [4.69, 9.17) is 10.2 Å². The van der Waals surface area contributed by atoms with Gasteiger partial charge >= 0.3 is 0 Å². The van der Waals surface area contributed by atoms with Gasteiger partial charge in [-0.3, -0.25) is 9.59 Å². The maximum Gasteiger partial charge on any atom is 0.286 e. The first-order valence-electron chi connectivity index (χ1n) is 8.29. The molecule has 4 rings (SSSR count). The Bertz CT molecular complexity index is 768. The summed E-state index contributed by atoms with van der Waals surface area (Å²) in [6.07, 6.45) is 5.98. The maximum absolute atomic E-state index is 12.7. The second-order valence-corrected chi connectivity index (χ2v) is 6.65. The highest BCUT2D eigenvalue weighted by molar-refractivity contribution is 6.11. The van der Waals surface area contributed by atoms with Crippen molar-refractivity contribution in [3.05, 3.63) is 30.0 Å². The van der Waals surface area contributed by atoms with Crippen LogP contribution in [0.3, 0.4) is 0 Å². The van der Waals surface area contributed by atoms with Gasteiger partial charge in [0.2, 0.25) is 11.7 Å². The molecule has 3 N–H and O–H groups in total. The third kappa shape index (κ3) is 2.40. The van der Waals surface area contributed by atoms with Crippen molar-refractivity contribution in [1.82, 2.24) is 0 Å². The molecule has 5 nitrogen and oxygen atoms in total. The van der Waals surface area contributed by atoms with E-state index < -0.39 is 5.91 Å². The molecular formula is C18H20N2O3. The second kappa shape index (κ2) is 5.41. The minimum absolute atomic E-state index is 0.00375. The number of hydrogen-bond acceptors (Lipinski definition) is 3. The van der Waals surface area contributed by atoms with Gasteiger partial charge < -0.3 is 15.5 Å². The van der Waals surface area contributed by atoms with E-state index >= 15 is 0 Å². The van der Waals surface area contributed by atoms with E-state index in [1.54, 1.807) is 6.07 Å². The van der Waals surface area contributed by atoms with E-state index in [1.807, 2.05) is 18.2 Å². The minimum atomic E-state index is -0.665. The summed E-state index contributed by atoms with van der Waals surface area (Å²) >= 11 is 0. The van der Waals surface area contributed by atoms with Crippen molar-refractivity contribution < 1.29 is 14.0 Å². The molecule has 0 saturated heterocycles. The molecule has 2 amide bonds.